The molecule has 5 heteroatoms. The molecular weight excluding hydrogens is 259 g/mol. The molecule has 0 aliphatic carbocycles. The average Bonchev–Trinajstić information content (AvgIpc) is 2.22. The van der Waals surface area contributed by atoms with Gasteiger partial charge in [-0.15, -0.1) is 0 Å². The summed E-state index contributed by atoms with van der Waals surface area (Å²) in [6, 6.07) is 4.81. The van der Waals surface area contributed by atoms with E-state index in [0.717, 1.165) is 5.56 Å². The lowest BCUT2D eigenvalue weighted by Crippen LogP contribution is -2.43. The lowest BCUT2D eigenvalue weighted by molar-refractivity contribution is -0.122. The molecule has 0 saturated carbocycles. The van der Waals surface area contributed by atoms with Gasteiger partial charge in [0.1, 0.15) is 0 Å². The van der Waals surface area contributed by atoms with E-state index < -0.39 is 6.04 Å². The van der Waals surface area contributed by atoms with Gasteiger partial charge in [0.2, 0.25) is 5.91 Å². The van der Waals surface area contributed by atoms with Gasteiger partial charge in [-0.25, -0.2) is 0 Å². The summed E-state index contributed by atoms with van der Waals surface area (Å²) in [5.41, 5.74) is 6.42. The first-order valence-electron chi connectivity index (χ1n) is 5.40. The Kier molecular flexibility index (Phi) is 5.25. The maximum atomic E-state index is 11.4. The van der Waals surface area contributed by atoms with Crippen molar-refractivity contribution in [2.24, 2.45) is 5.73 Å². The molecule has 0 saturated heterocycles. The van der Waals surface area contributed by atoms with Crippen molar-refractivity contribution in [1.82, 2.24) is 5.32 Å². The molecule has 1 unspecified atom stereocenters. The van der Waals surface area contributed by atoms with E-state index >= 15 is 0 Å². The minimum Gasteiger partial charge on any atom is -0.352 e. The number of nitrogens with one attached hydrogen (secondary N) is 1. The second-order valence-corrected chi connectivity index (χ2v) is 4.98. The van der Waals surface area contributed by atoms with Gasteiger partial charge in [-0.3, -0.25) is 4.79 Å². The molecule has 1 aromatic rings. The van der Waals surface area contributed by atoms with Gasteiger partial charge in [0.15, 0.2) is 0 Å². The lowest BCUT2D eigenvalue weighted by atomic mass is 10.1. The zero-order chi connectivity index (χ0) is 13.0. The molecule has 17 heavy (non-hydrogen) atoms. The smallest absolute Gasteiger partial charge is 0.236 e. The molecule has 0 aromatic heterocycles. The normalized spacial score (nSPS) is 14.2. The summed E-state index contributed by atoms with van der Waals surface area (Å²) in [6.07, 6.45) is 0.647. The van der Waals surface area contributed by atoms with Crippen molar-refractivity contribution in [2.75, 3.05) is 0 Å². The maximum absolute atomic E-state index is 11.4. The van der Waals surface area contributed by atoms with Gasteiger partial charge in [-0.2, -0.15) is 0 Å². The predicted octanol–water partition coefficient (Wildman–Crippen LogP) is 2.39. The Hall–Kier alpha value is -0.770. The van der Waals surface area contributed by atoms with Gasteiger partial charge in [0, 0.05) is 16.1 Å². The van der Waals surface area contributed by atoms with Crippen LogP contribution >= 0.6 is 23.2 Å². The fourth-order valence-corrected chi connectivity index (χ4v) is 1.93. The highest BCUT2D eigenvalue weighted by atomic mass is 35.5. The minimum atomic E-state index is -0.502. The van der Waals surface area contributed by atoms with Gasteiger partial charge in [0.25, 0.3) is 0 Å². The zero-order valence-electron chi connectivity index (χ0n) is 9.84. The highest BCUT2D eigenvalue weighted by Crippen LogP contribution is 2.22. The van der Waals surface area contributed by atoms with Crippen molar-refractivity contribution >= 4 is 29.1 Å². The fourth-order valence-electron chi connectivity index (χ4n) is 1.44. The number of rotatable bonds is 4. The van der Waals surface area contributed by atoms with Crippen molar-refractivity contribution in [3.63, 3.8) is 0 Å². The van der Waals surface area contributed by atoms with Crippen LogP contribution in [0.3, 0.4) is 0 Å². The molecule has 1 amide bonds. The molecule has 0 aliphatic heterocycles. The molecule has 3 N–H and O–H groups in total. The maximum Gasteiger partial charge on any atom is 0.236 e. The molecule has 2 atom stereocenters. The molecule has 1 aromatic carbocycles. The van der Waals surface area contributed by atoms with E-state index in [2.05, 4.69) is 5.32 Å². The zero-order valence-corrected chi connectivity index (χ0v) is 11.3. The van der Waals surface area contributed by atoms with Crippen LogP contribution in [0.5, 0.6) is 0 Å². The quantitative estimate of drug-likeness (QED) is 0.886. The number of benzene rings is 1. The summed E-state index contributed by atoms with van der Waals surface area (Å²) < 4.78 is 0. The summed E-state index contributed by atoms with van der Waals surface area (Å²) in [4.78, 5) is 11.4. The van der Waals surface area contributed by atoms with Crippen LogP contribution in [0.4, 0.5) is 0 Å². The van der Waals surface area contributed by atoms with Crippen LogP contribution in [0, 0.1) is 0 Å². The third-order valence-corrected chi connectivity index (χ3v) is 2.93. The molecule has 0 spiro atoms. The first-order chi connectivity index (χ1) is 7.90. The molecule has 94 valence electrons. The second-order valence-electron chi connectivity index (χ2n) is 4.14. The summed E-state index contributed by atoms with van der Waals surface area (Å²) >= 11 is 11.9. The van der Waals surface area contributed by atoms with Crippen molar-refractivity contribution in [3.8, 4) is 0 Å². The Labute approximate surface area is 111 Å². The average molecular weight is 275 g/mol. The van der Waals surface area contributed by atoms with Gasteiger partial charge in [-0.05, 0) is 38.0 Å². The standard InChI is InChI=1S/C12H16Cl2N2O/c1-7(16-12(17)8(2)15)5-9-3-4-10(13)6-11(9)14/h3-4,6-8H,5,15H2,1-2H3,(H,16,17)/t7?,8-/m1/s1. The first-order valence-corrected chi connectivity index (χ1v) is 6.15. The van der Waals surface area contributed by atoms with Crippen LogP contribution in [0.25, 0.3) is 0 Å². The third-order valence-electron chi connectivity index (χ3n) is 2.34. The highest BCUT2D eigenvalue weighted by Gasteiger charge is 2.12. The Bertz CT molecular complexity index is 407. The molecular formula is C12H16Cl2N2O. The van der Waals surface area contributed by atoms with E-state index in [-0.39, 0.29) is 11.9 Å². The van der Waals surface area contributed by atoms with Crippen LogP contribution in [0.1, 0.15) is 19.4 Å². The molecule has 3 nitrogen and oxygen atoms in total. The summed E-state index contributed by atoms with van der Waals surface area (Å²) in [5, 5.41) is 4.03. The molecule has 0 aliphatic rings. The predicted molar refractivity (Wildman–Crippen MR) is 71.4 cm³/mol. The Morgan fingerprint density at radius 3 is 2.59 bits per heavy atom. The Morgan fingerprint density at radius 1 is 1.41 bits per heavy atom. The van der Waals surface area contributed by atoms with Gasteiger partial charge < -0.3 is 11.1 Å². The van der Waals surface area contributed by atoms with Crippen LogP contribution in [0.2, 0.25) is 10.0 Å². The molecule has 0 radical (unpaired) electrons. The van der Waals surface area contributed by atoms with Crippen LogP contribution < -0.4 is 11.1 Å². The van der Waals surface area contributed by atoms with Gasteiger partial charge >= 0.3 is 0 Å². The fraction of sp³-hybridized carbons (Fsp3) is 0.417. The number of amides is 1. The van der Waals surface area contributed by atoms with Crippen molar-refractivity contribution < 1.29 is 4.79 Å². The molecule has 0 heterocycles. The summed E-state index contributed by atoms with van der Waals surface area (Å²) in [5.74, 6) is -0.164. The van der Waals surface area contributed by atoms with Crippen LogP contribution in [-0.2, 0) is 11.2 Å². The molecule has 0 bridgehead atoms. The highest BCUT2D eigenvalue weighted by molar-refractivity contribution is 6.35. The SMILES string of the molecule is CC(Cc1ccc(Cl)cc1Cl)NC(=O)[C@@H](C)N. The van der Waals surface area contributed by atoms with Gasteiger partial charge in [0.05, 0.1) is 6.04 Å². The number of hydrogen-bond donors (Lipinski definition) is 2. The van der Waals surface area contributed by atoms with E-state index in [0.29, 0.717) is 16.5 Å². The van der Waals surface area contributed by atoms with Crippen molar-refractivity contribution in [1.29, 1.82) is 0 Å². The second kappa shape index (κ2) is 6.24. The molecule has 0 fully saturated rings. The summed E-state index contributed by atoms with van der Waals surface area (Å²) in [6.45, 7) is 3.56. The lowest BCUT2D eigenvalue weighted by Gasteiger charge is -2.16. The van der Waals surface area contributed by atoms with Crippen molar-refractivity contribution in [3.05, 3.63) is 33.8 Å². The third kappa shape index (κ3) is 4.54. The monoisotopic (exact) mass is 274 g/mol. The summed E-state index contributed by atoms with van der Waals surface area (Å²) in [7, 11) is 0. The van der Waals surface area contributed by atoms with E-state index in [4.69, 9.17) is 28.9 Å². The van der Waals surface area contributed by atoms with Crippen LogP contribution in [-0.4, -0.2) is 18.0 Å². The van der Waals surface area contributed by atoms with Crippen LogP contribution in [0.15, 0.2) is 18.2 Å². The Balaban J connectivity index is 2.62. The number of carbonyl (C=O) groups excluding carboxylic acids is 1. The Morgan fingerprint density at radius 2 is 2.06 bits per heavy atom. The topological polar surface area (TPSA) is 55.1 Å². The van der Waals surface area contributed by atoms with E-state index in [1.165, 1.54) is 0 Å². The largest absolute Gasteiger partial charge is 0.352 e. The van der Waals surface area contributed by atoms with E-state index in [1.807, 2.05) is 13.0 Å². The first kappa shape index (κ1) is 14.3. The van der Waals surface area contributed by atoms with Crippen molar-refractivity contribution in [2.45, 2.75) is 32.4 Å². The van der Waals surface area contributed by atoms with Gasteiger partial charge in [-0.1, -0.05) is 29.3 Å². The number of nitrogens with two attached hydrogens (primary N) is 1. The minimum absolute atomic E-state index is 0.0211. The number of hydrogen-bond acceptors (Lipinski definition) is 2. The molecule has 1 rings (SSSR count). The van der Waals surface area contributed by atoms with E-state index in [9.17, 15) is 4.79 Å². The number of halogens is 2. The number of carbonyl (C=O) groups is 1. The van der Waals surface area contributed by atoms with E-state index in [1.54, 1.807) is 19.1 Å².